The fourth-order valence-corrected chi connectivity index (χ4v) is 3.23. The number of H-pyrrole nitrogens is 1. The number of hydrogen-bond acceptors (Lipinski definition) is 5. The van der Waals surface area contributed by atoms with Crippen molar-refractivity contribution >= 4 is 17.3 Å². The number of aromatic nitrogens is 3. The van der Waals surface area contributed by atoms with Crippen LogP contribution in [0.15, 0.2) is 10.8 Å². The molecule has 0 radical (unpaired) electrons. The minimum Gasteiger partial charge on any atom is -0.338 e. The zero-order chi connectivity index (χ0) is 13.4. The van der Waals surface area contributed by atoms with Crippen molar-refractivity contribution in [2.24, 2.45) is 11.7 Å². The molecule has 2 aromatic heterocycles. The van der Waals surface area contributed by atoms with E-state index in [4.69, 9.17) is 5.73 Å². The smallest absolute Gasteiger partial charge is 0.245 e. The predicted molar refractivity (Wildman–Crippen MR) is 78.4 cm³/mol. The topological polar surface area (TPSA) is 70.8 Å². The highest BCUT2D eigenvalue weighted by molar-refractivity contribution is 7.08. The van der Waals surface area contributed by atoms with E-state index < -0.39 is 0 Å². The number of hydrogen-bond donors (Lipinski definition) is 2. The highest BCUT2D eigenvalue weighted by atomic mass is 32.1. The van der Waals surface area contributed by atoms with Gasteiger partial charge in [-0.25, -0.2) is 0 Å². The summed E-state index contributed by atoms with van der Waals surface area (Å²) in [5.74, 6) is 2.19. The van der Waals surface area contributed by atoms with Crippen molar-refractivity contribution in [3.05, 3.63) is 16.3 Å². The molecule has 0 aromatic carbocycles. The third-order valence-corrected chi connectivity index (χ3v) is 4.75. The Morgan fingerprint density at radius 1 is 1.47 bits per heavy atom. The average Bonchev–Trinajstić information content (AvgIpc) is 3.01. The molecule has 0 amide bonds. The van der Waals surface area contributed by atoms with Gasteiger partial charge in [0.1, 0.15) is 0 Å². The molecule has 5 nitrogen and oxygen atoms in total. The van der Waals surface area contributed by atoms with Crippen LogP contribution in [0.1, 0.15) is 18.9 Å². The fraction of sp³-hybridized carbons (Fsp3) is 0.538. The van der Waals surface area contributed by atoms with Gasteiger partial charge in [-0.2, -0.15) is 16.3 Å². The number of anilines is 1. The molecule has 6 heteroatoms. The Morgan fingerprint density at radius 2 is 2.32 bits per heavy atom. The highest BCUT2D eigenvalue weighted by Gasteiger charge is 2.25. The lowest BCUT2D eigenvalue weighted by atomic mass is 9.95. The standard InChI is InChI=1S/C13H19N5S/c1-8-3-4-18(5-11(8)14)13-15-12(16-17-13)10-7-19-6-9(10)2/h6-8,11H,3-5,14H2,1-2H3,(H,15,16,17). The van der Waals surface area contributed by atoms with E-state index in [1.165, 1.54) is 5.56 Å². The van der Waals surface area contributed by atoms with Gasteiger partial charge in [0.05, 0.1) is 0 Å². The third-order valence-electron chi connectivity index (χ3n) is 3.88. The molecule has 2 aromatic rings. The largest absolute Gasteiger partial charge is 0.338 e. The van der Waals surface area contributed by atoms with E-state index in [-0.39, 0.29) is 6.04 Å². The van der Waals surface area contributed by atoms with Crippen LogP contribution in [0, 0.1) is 12.8 Å². The van der Waals surface area contributed by atoms with Gasteiger partial charge in [-0.3, -0.25) is 5.10 Å². The van der Waals surface area contributed by atoms with Crippen molar-refractivity contribution in [3.8, 4) is 11.4 Å². The van der Waals surface area contributed by atoms with E-state index in [9.17, 15) is 0 Å². The van der Waals surface area contributed by atoms with Crippen LogP contribution in [-0.4, -0.2) is 34.3 Å². The van der Waals surface area contributed by atoms with Crippen molar-refractivity contribution in [2.45, 2.75) is 26.3 Å². The van der Waals surface area contributed by atoms with Crippen LogP contribution in [0.2, 0.25) is 0 Å². The number of rotatable bonds is 2. The zero-order valence-electron chi connectivity index (χ0n) is 11.3. The number of nitrogens with one attached hydrogen (secondary N) is 1. The first-order valence-corrected chi connectivity index (χ1v) is 7.55. The number of aromatic amines is 1. The van der Waals surface area contributed by atoms with Crippen LogP contribution in [-0.2, 0) is 0 Å². The Labute approximate surface area is 116 Å². The molecule has 0 bridgehead atoms. The first-order valence-electron chi connectivity index (χ1n) is 6.61. The molecule has 1 aliphatic heterocycles. The number of piperidine rings is 1. The van der Waals surface area contributed by atoms with E-state index in [2.05, 4.69) is 44.7 Å². The maximum Gasteiger partial charge on any atom is 0.245 e. The monoisotopic (exact) mass is 277 g/mol. The highest BCUT2D eigenvalue weighted by Crippen LogP contribution is 2.26. The molecule has 0 saturated carbocycles. The molecule has 19 heavy (non-hydrogen) atoms. The molecule has 2 atom stereocenters. The SMILES string of the molecule is Cc1cscc1-c1nc(N2CCC(C)C(N)C2)n[nH]1. The molecule has 0 spiro atoms. The fourth-order valence-electron chi connectivity index (χ4n) is 2.40. The number of nitrogens with two attached hydrogens (primary N) is 1. The minimum atomic E-state index is 0.207. The third kappa shape index (κ3) is 2.37. The summed E-state index contributed by atoms with van der Waals surface area (Å²) in [6.07, 6.45) is 1.10. The van der Waals surface area contributed by atoms with Crippen LogP contribution in [0.5, 0.6) is 0 Å². The van der Waals surface area contributed by atoms with Gasteiger partial charge < -0.3 is 10.6 Å². The van der Waals surface area contributed by atoms with E-state index in [1.807, 2.05) is 0 Å². The van der Waals surface area contributed by atoms with Gasteiger partial charge >= 0.3 is 0 Å². The van der Waals surface area contributed by atoms with Gasteiger partial charge in [-0.05, 0) is 30.2 Å². The maximum absolute atomic E-state index is 6.13. The second-order valence-corrected chi connectivity index (χ2v) is 6.07. The summed E-state index contributed by atoms with van der Waals surface area (Å²) in [5, 5.41) is 11.6. The van der Waals surface area contributed by atoms with Gasteiger partial charge in [-0.1, -0.05) is 6.92 Å². The van der Waals surface area contributed by atoms with Crippen LogP contribution in [0.25, 0.3) is 11.4 Å². The second kappa shape index (κ2) is 4.94. The maximum atomic E-state index is 6.13. The molecule has 1 saturated heterocycles. The summed E-state index contributed by atoms with van der Waals surface area (Å²) < 4.78 is 0. The normalized spacial score (nSPS) is 23.8. The Hall–Kier alpha value is -1.40. The van der Waals surface area contributed by atoms with E-state index >= 15 is 0 Å². The number of nitrogens with zero attached hydrogens (tertiary/aromatic N) is 3. The summed E-state index contributed by atoms with van der Waals surface area (Å²) in [6.45, 7) is 6.11. The Morgan fingerprint density at radius 3 is 3.00 bits per heavy atom. The predicted octanol–water partition coefficient (Wildman–Crippen LogP) is 2.02. The number of thiophene rings is 1. The summed E-state index contributed by atoms with van der Waals surface area (Å²) >= 11 is 1.69. The summed E-state index contributed by atoms with van der Waals surface area (Å²) in [6, 6.07) is 0.207. The molecule has 3 N–H and O–H groups in total. The molecule has 1 fully saturated rings. The Bertz CT molecular complexity index is 561. The molecule has 3 heterocycles. The van der Waals surface area contributed by atoms with Crippen molar-refractivity contribution in [2.75, 3.05) is 18.0 Å². The van der Waals surface area contributed by atoms with E-state index in [0.717, 1.165) is 36.8 Å². The summed E-state index contributed by atoms with van der Waals surface area (Å²) in [4.78, 5) is 6.78. The van der Waals surface area contributed by atoms with Crippen LogP contribution < -0.4 is 10.6 Å². The molecule has 0 aliphatic carbocycles. The lowest BCUT2D eigenvalue weighted by molar-refractivity contribution is 0.376. The molecule has 102 valence electrons. The van der Waals surface area contributed by atoms with Gasteiger partial charge in [0.15, 0.2) is 5.82 Å². The van der Waals surface area contributed by atoms with E-state index in [1.54, 1.807) is 11.3 Å². The van der Waals surface area contributed by atoms with Gasteiger partial charge in [0.25, 0.3) is 0 Å². The van der Waals surface area contributed by atoms with Crippen molar-refractivity contribution in [1.82, 2.24) is 15.2 Å². The van der Waals surface area contributed by atoms with Gasteiger partial charge in [-0.15, -0.1) is 5.10 Å². The van der Waals surface area contributed by atoms with Crippen molar-refractivity contribution in [1.29, 1.82) is 0 Å². The van der Waals surface area contributed by atoms with Gasteiger partial charge in [0, 0.05) is 30.1 Å². The first kappa shape index (κ1) is 12.6. The molecular formula is C13H19N5S. The van der Waals surface area contributed by atoms with Gasteiger partial charge in [0.2, 0.25) is 5.95 Å². The van der Waals surface area contributed by atoms with Crippen molar-refractivity contribution in [3.63, 3.8) is 0 Å². The summed E-state index contributed by atoms with van der Waals surface area (Å²) in [5.41, 5.74) is 8.50. The lowest BCUT2D eigenvalue weighted by Crippen LogP contribution is -2.48. The van der Waals surface area contributed by atoms with Crippen molar-refractivity contribution < 1.29 is 0 Å². The van der Waals surface area contributed by atoms with Crippen LogP contribution in [0.3, 0.4) is 0 Å². The summed E-state index contributed by atoms with van der Waals surface area (Å²) in [7, 11) is 0. The Balaban J connectivity index is 1.80. The van der Waals surface area contributed by atoms with Crippen LogP contribution in [0.4, 0.5) is 5.95 Å². The molecule has 2 unspecified atom stereocenters. The number of aryl methyl sites for hydroxylation is 1. The van der Waals surface area contributed by atoms with Crippen LogP contribution >= 0.6 is 11.3 Å². The first-order chi connectivity index (χ1) is 9.15. The molecule has 3 rings (SSSR count). The lowest BCUT2D eigenvalue weighted by Gasteiger charge is -2.34. The quantitative estimate of drug-likeness (QED) is 0.881. The Kier molecular flexibility index (Phi) is 3.28. The molecular weight excluding hydrogens is 258 g/mol. The average molecular weight is 277 g/mol. The van der Waals surface area contributed by atoms with E-state index in [0.29, 0.717) is 5.92 Å². The zero-order valence-corrected chi connectivity index (χ0v) is 12.1. The molecule has 1 aliphatic rings. The minimum absolute atomic E-state index is 0.207. The second-order valence-electron chi connectivity index (χ2n) is 5.33.